The van der Waals surface area contributed by atoms with Crippen molar-refractivity contribution < 1.29 is 9.47 Å². The first-order valence-electron chi connectivity index (χ1n) is 7.57. The van der Waals surface area contributed by atoms with Crippen molar-refractivity contribution in [3.63, 3.8) is 0 Å². The lowest BCUT2D eigenvalue weighted by Gasteiger charge is -2.14. The average molecular weight is 476 g/mol. The van der Waals surface area contributed by atoms with Crippen LogP contribution in [0.2, 0.25) is 0 Å². The van der Waals surface area contributed by atoms with Crippen molar-refractivity contribution in [2.75, 3.05) is 19.5 Å². The Kier molecular flexibility index (Phi) is 7.94. The molecule has 2 aromatic rings. The lowest BCUT2D eigenvalue weighted by atomic mass is 9.93. The summed E-state index contributed by atoms with van der Waals surface area (Å²) in [5.41, 5.74) is 7.79. The molecule has 138 valence electrons. The third-order valence-corrected chi connectivity index (χ3v) is 4.21. The molecule has 2 rings (SSSR count). The smallest absolute Gasteiger partial charge is 0.193 e. The Bertz CT molecular complexity index is 726. The number of aliphatic imine (C=N–C) groups is 1. The first-order valence-corrected chi connectivity index (χ1v) is 8.45. The Hall–Kier alpha value is -1.55. The first-order chi connectivity index (χ1) is 11.3. The van der Waals surface area contributed by atoms with Gasteiger partial charge >= 0.3 is 0 Å². The molecule has 0 radical (unpaired) electrons. The second-order valence-electron chi connectivity index (χ2n) is 6.27. The van der Waals surface area contributed by atoms with Gasteiger partial charge in [-0.25, -0.2) is 9.98 Å². The Morgan fingerprint density at radius 2 is 2.00 bits per heavy atom. The summed E-state index contributed by atoms with van der Waals surface area (Å²) >= 11 is 1.59. The molecule has 1 heterocycles. The fraction of sp³-hybridized carbons (Fsp3) is 0.412. The number of nitrogens with one attached hydrogen (secondary N) is 1. The van der Waals surface area contributed by atoms with Gasteiger partial charge in [0.1, 0.15) is 16.5 Å². The highest BCUT2D eigenvalue weighted by Gasteiger charge is 2.17. The Balaban J connectivity index is 0.00000312. The highest BCUT2D eigenvalue weighted by molar-refractivity contribution is 14.0. The third-order valence-electron chi connectivity index (χ3n) is 3.37. The summed E-state index contributed by atoms with van der Waals surface area (Å²) in [5.74, 6) is 1.67. The predicted molar refractivity (Wildman–Crippen MR) is 115 cm³/mol. The van der Waals surface area contributed by atoms with Crippen LogP contribution in [-0.4, -0.2) is 25.2 Å². The number of ether oxygens (including phenoxy) is 2. The van der Waals surface area contributed by atoms with E-state index in [-0.39, 0.29) is 29.4 Å². The molecular weight excluding hydrogens is 451 g/mol. The van der Waals surface area contributed by atoms with Crippen LogP contribution in [0.25, 0.3) is 0 Å². The fourth-order valence-electron chi connectivity index (χ4n) is 1.97. The zero-order valence-corrected chi connectivity index (χ0v) is 18.3. The summed E-state index contributed by atoms with van der Waals surface area (Å²) in [6.45, 7) is 6.85. The quantitative estimate of drug-likeness (QED) is 0.387. The summed E-state index contributed by atoms with van der Waals surface area (Å²) in [5, 5.41) is 6.04. The molecule has 8 heteroatoms. The van der Waals surface area contributed by atoms with E-state index >= 15 is 0 Å². The molecule has 0 spiro atoms. The number of halogens is 1. The highest BCUT2D eigenvalue weighted by Crippen LogP contribution is 2.28. The lowest BCUT2D eigenvalue weighted by molar-refractivity contribution is 0.405. The standard InChI is InChI=1S/C17H24N4O2S.HI/c1-17(2,3)14-10-24-15(21-14)9-19-16(18)20-12-8-11(22-4)6-7-13(12)23-5;/h6-8,10H,9H2,1-5H3,(H3,18,19,20);1H. The molecule has 0 amide bonds. The molecule has 25 heavy (non-hydrogen) atoms. The number of nitrogens with two attached hydrogens (primary N) is 1. The highest BCUT2D eigenvalue weighted by atomic mass is 127. The van der Waals surface area contributed by atoms with Gasteiger partial charge in [-0.15, -0.1) is 35.3 Å². The van der Waals surface area contributed by atoms with E-state index < -0.39 is 0 Å². The number of guanidine groups is 1. The van der Waals surface area contributed by atoms with Gasteiger partial charge < -0.3 is 20.5 Å². The second-order valence-corrected chi connectivity index (χ2v) is 7.21. The monoisotopic (exact) mass is 476 g/mol. The number of aromatic nitrogens is 1. The van der Waals surface area contributed by atoms with Gasteiger partial charge in [-0.3, -0.25) is 0 Å². The van der Waals surface area contributed by atoms with Crippen molar-refractivity contribution in [1.29, 1.82) is 0 Å². The number of hydrogen-bond acceptors (Lipinski definition) is 5. The summed E-state index contributed by atoms with van der Waals surface area (Å²) in [4.78, 5) is 8.96. The molecule has 0 aliphatic heterocycles. The molecule has 0 fully saturated rings. The normalized spacial score (nSPS) is 11.6. The molecule has 0 atom stereocenters. The maximum absolute atomic E-state index is 5.98. The van der Waals surface area contributed by atoms with Crippen LogP contribution in [0.3, 0.4) is 0 Å². The molecular formula is C17H25IN4O2S. The van der Waals surface area contributed by atoms with Gasteiger partial charge in [0.05, 0.1) is 32.1 Å². The van der Waals surface area contributed by atoms with Crippen molar-refractivity contribution in [3.8, 4) is 11.5 Å². The van der Waals surface area contributed by atoms with Crippen molar-refractivity contribution >= 4 is 47.0 Å². The Morgan fingerprint density at radius 1 is 1.28 bits per heavy atom. The van der Waals surface area contributed by atoms with Crippen LogP contribution in [0.5, 0.6) is 11.5 Å². The molecule has 0 saturated carbocycles. The van der Waals surface area contributed by atoms with Gasteiger partial charge in [-0.2, -0.15) is 0 Å². The SMILES string of the molecule is COc1ccc(OC)c(NC(N)=NCc2nc(C(C)(C)C)cs2)c1.I. The van der Waals surface area contributed by atoms with E-state index in [0.717, 1.165) is 10.7 Å². The number of thiazole rings is 1. The molecule has 3 N–H and O–H groups in total. The zero-order chi connectivity index (χ0) is 17.7. The third kappa shape index (κ3) is 6.03. The van der Waals surface area contributed by atoms with Gasteiger partial charge in [0, 0.05) is 16.9 Å². The molecule has 6 nitrogen and oxygen atoms in total. The second kappa shape index (κ2) is 9.23. The number of rotatable bonds is 5. The summed E-state index contributed by atoms with van der Waals surface area (Å²) < 4.78 is 10.5. The van der Waals surface area contributed by atoms with Crippen LogP contribution in [0.4, 0.5) is 5.69 Å². The van der Waals surface area contributed by atoms with Gasteiger partial charge in [0.25, 0.3) is 0 Å². The van der Waals surface area contributed by atoms with Crippen LogP contribution in [0.15, 0.2) is 28.6 Å². The topological polar surface area (TPSA) is 81.8 Å². The van der Waals surface area contributed by atoms with Crippen LogP contribution >= 0.6 is 35.3 Å². The van der Waals surface area contributed by atoms with E-state index in [1.165, 1.54) is 0 Å². The van der Waals surface area contributed by atoms with Crippen molar-refractivity contribution in [3.05, 3.63) is 34.3 Å². The number of nitrogens with zero attached hydrogens (tertiary/aromatic N) is 2. The molecule has 0 aliphatic carbocycles. The van der Waals surface area contributed by atoms with Crippen molar-refractivity contribution in [2.45, 2.75) is 32.7 Å². The largest absolute Gasteiger partial charge is 0.497 e. The van der Waals surface area contributed by atoms with Gasteiger partial charge in [0.15, 0.2) is 5.96 Å². The van der Waals surface area contributed by atoms with Crippen molar-refractivity contribution in [1.82, 2.24) is 4.98 Å². The molecule has 0 unspecified atom stereocenters. The summed E-state index contributed by atoms with van der Waals surface area (Å²) in [6, 6.07) is 5.44. The number of benzene rings is 1. The number of methoxy groups -OCH3 is 2. The number of anilines is 1. The molecule has 0 saturated heterocycles. The van der Waals surface area contributed by atoms with Crippen molar-refractivity contribution in [2.24, 2.45) is 10.7 Å². The zero-order valence-electron chi connectivity index (χ0n) is 15.1. The van der Waals surface area contributed by atoms with E-state index in [9.17, 15) is 0 Å². The number of hydrogen-bond donors (Lipinski definition) is 2. The minimum atomic E-state index is 0. The predicted octanol–water partition coefficient (Wildman–Crippen LogP) is 4.00. The summed E-state index contributed by atoms with van der Waals surface area (Å²) in [7, 11) is 3.21. The Labute approximate surface area is 169 Å². The van der Waals surface area contributed by atoms with Crippen LogP contribution in [0.1, 0.15) is 31.5 Å². The van der Waals surface area contributed by atoms with Crippen LogP contribution < -0.4 is 20.5 Å². The van der Waals surface area contributed by atoms with E-state index in [1.54, 1.807) is 25.6 Å². The molecule has 0 aliphatic rings. The van der Waals surface area contributed by atoms with Gasteiger partial charge in [0.2, 0.25) is 0 Å². The maximum atomic E-state index is 5.98. The van der Waals surface area contributed by atoms with Gasteiger partial charge in [-0.1, -0.05) is 20.8 Å². The van der Waals surface area contributed by atoms with Gasteiger partial charge in [-0.05, 0) is 12.1 Å². The van der Waals surface area contributed by atoms with Crippen LogP contribution in [0, 0.1) is 0 Å². The first kappa shape index (κ1) is 21.5. The fourth-order valence-corrected chi connectivity index (χ4v) is 2.91. The van der Waals surface area contributed by atoms with E-state index in [1.807, 2.05) is 18.2 Å². The van der Waals surface area contributed by atoms with E-state index in [2.05, 4.69) is 41.4 Å². The molecule has 1 aromatic carbocycles. The molecule has 0 bridgehead atoms. The minimum Gasteiger partial charge on any atom is -0.497 e. The molecule has 1 aromatic heterocycles. The van der Waals surface area contributed by atoms with E-state index in [4.69, 9.17) is 15.2 Å². The average Bonchev–Trinajstić information content (AvgIpc) is 3.02. The van der Waals surface area contributed by atoms with Crippen LogP contribution in [-0.2, 0) is 12.0 Å². The lowest BCUT2D eigenvalue weighted by Crippen LogP contribution is -2.23. The minimum absolute atomic E-state index is 0. The maximum Gasteiger partial charge on any atom is 0.193 e. The Morgan fingerprint density at radius 3 is 2.56 bits per heavy atom. The van der Waals surface area contributed by atoms with E-state index in [0.29, 0.717) is 29.7 Å². The summed E-state index contributed by atoms with van der Waals surface area (Å²) in [6.07, 6.45) is 0.